The Morgan fingerprint density at radius 3 is 2.57 bits per heavy atom. The van der Waals surface area contributed by atoms with Gasteiger partial charge in [-0.05, 0) is 35.7 Å². The number of carbonyl (C=O) groups is 1. The number of aliphatic hydroxyl groups excluding tert-OH is 1. The van der Waals surface area contributed by atoms with Crippen LogP contribution in [0.5, 0.6) is 0 Å². The fraction of sp³-hybridized carbons (Fsp3) is 0.421. The van der Waals surface area contributed by atoms with E-state index in [-0.39, 0.29) is 17.9 Å². The number of carbonyl (C=O) groups excluding carboxylic acids is 1. The van der Waals surface area contributed by atoms with Crippen LogP contribution in [0, 0.1) is 5.41 Å². The van der Waals surface area contributed by atoms with Gasteiger partial charge in [0.05, 0.1) is 6.61 Å². The summed E-state index contributed by atoms with van der Waals surface area (Å²) >= 11 is 0. The topological polar surface area (TPSA) is 49.8 Å². The van der Waals surface area contributed by atoms with E-state index in [4.69, 9.17) is 4.74 Å². The maximum absolute atomic E-state index is 12.7. The molecule has 0 spiro atoms. The summed E-state index contributed by atoms with van der Waals surface area (Å²) in [7, 11) is 1.81. The minimum absolute atomic E-state index is 0.00456. The molecule has 1 amide bonds. The maximum Gasteiger partial charge on any atom is 0.253 e. The molecule has 2 aromatic rings. The van der Waals surface area contributed by atoms with Crippen molar-refractivity contribution in [3.05, 3.63) is 48.0 Å². The normalized spacial score (nSPS) is 17.1. The summed E-state index contributed by atoms with van der Waals surface area (Å²) in [6, 6.07) is 13.8. The molecule has 1 aliphatic rings. The Kier molecular flexibility index (Phi) is 4.64. The van der Waals surface area contributed by atoms with Crippen LogP contribution in [0.3, 0.4) is 0 Å². The van der Waals surface area contributed by atoms with Crippen LogP contribution in [0.2, 0.25) is 0 Å². The lowest BCUT2D eigenvalue weighted by atomic mass is 9.80. The van der Waals surface area contributed by atoms with E-state index in [2.05, 4.69) is 0 Å². The Morgan fingerprint density at radius 1 is 1.17 bits per heavy atom. The molecule has 0 bridgehead atoms. The molecule has 0 aromatic heterocycles. The van der Waals surface area contributed by atoms with Crippen molar-refractivity contribution in [3.63, 3.8) is 0 Å². The van der Waals surface area contributed by atoms with Gasteiger partial charge in [0.15, 0.2) is 0 Å². The van der Waals surface area contributed by atoms with E-state index in [0.717, 1.165) is 23.6 Å². The molecule has 1 fully saturated rings. The van der Waals surface area contributed by atoms with Crippen LogP contribution in [0.4, 0.5) is 0 Å². The molecular formula is C19H23NO3. The highest BCUT2D eigenvalue weighted by Crippen LogP contribution is 2.31. The van der Waals surface area contributed by atoms with Crippen LogP contribution in [0.25, 0.3) is 10.8 Å². The van der Waals surface area contributed by atoms with Gasteiger partial charge in [0.1, 0.15) is 0 Å². The van der Waals surface area contributed by atoms with Crippen LogP contribution in [0.1, 0.15) is 23.2 Å². The summed E-state index contributed by atoms with van der Waals surface area (Å²) in [4.78, 5) is 14.5. The van der Waals surface area contributed by atoms with Crippen molar-refractivity contribution in [3.8, 4) is 0 Å². The lowest BCUT2D eigenvalue weighted by Gasteiger charge is -2.38. The molecule has 2 aromatic carbocycles. The number of hydrogen-bond acceptors (Lipinski definition) is 3. The third-order valence-corrected chi connectivity index (χ3v) is 4.80. The molecule has 4 nitrogen and oxygen atoms in total. The summed E-state index contributed by atoms with van der Waals surface area (Å²) in [5.41, 5.74) is 0.450. The van der Waals surface area contributed by atoms with Gasteiger partial charge >= 0.3 is 0 Å². The Bertz CT molecular complexity index is 692. The second-order valence-corrected chi connectivity index (χ2v) is 6.49. The first-order valence-electron chi connectivity index (χ1n) is 8.06. The molecule has 4 heteroatoms. The van der Waals surface area contributed by atoms with Gasteiger partial charge in [0.2, 0.25) is 0 Å². The molecule has 0 unspecified atom stereocenters. The van der Waals surface area contributed by atoms with Gasteiger partial charge in [-0.2, -0.15) is 0 Å². The van der Waals surface area contributed by atoms with Crippen molar-refractivity contribution in [1.82, 2.24) is 4.90 Å². The molecule has 1 saturated heterocycles. The van der Waals surface area contributed by atoms with Gasteiger partial charge in [-0.1, -0.05) is 30.3 Å². The number of benzene rings is 2. The van der Waals surface area contributed by atoms with Crippen LogP contribution in [-0.2, 0) is 4.74 Å². The fourth-order valence-corrected chi connectivity index (χ4v) is 3.29. The van der Waals surface area contributed by atoms with E-state index in [0.29, 0.717) is 25.3 Å². The zero-order valence-corrected chi connectivity index (χ0v) is 13.5. The predicted octanol–water partition coefficient (Wildman–Crippen LogP) is 2.70. The van der Waals surface area contributed by atoms with Gasteiger partial charge < -0.3 is 14.7 Å². The number of ether oxygens (including phenoxy) is 1. The number of hydrogen-bond donors (Lipinski definition) is 1. The van der Waals surface area contributed by atoms with Gasteiger partial charge in [-0.3, -0.25) is 4.79 Å². The zero-order valence-electron chi connectivity index (χ0n) is 13.5. The fourth-order valence-electron chi connectivity index (χ4n) is 3.29. The Balaban J connectivity index is 1.77. The lowest BCUT2D eigenvalue weighted by Crippen LogP contribution is -2.44. The van der Waals surface area contributed by atoms with Crippen LogP contribution < -0.4 is 0 Å². The van der Waals surface area contributed by atoms with E-state index in [1.54, 1.807) is 4.90 Å². The average molecular weight is 313 g/mol. The van der Waals surface area contributed by atoms with Gasteiger partial charge in [-0.15, -0.1) is 0 Å². The van der Waals surface area contributed by atoms with Gasteiger partial charge in [0, 0.05) is 37.8 Å². The average Bonchev–Trinajstić information content (AvgIpc) is 2.61. The summed E-state index contributed by atoms with van der Waals surface area (Å²) in [6.45, 7) is 1.95. The first-order valence-corrected chi connectivity index (χ1v) is 8.06. The Morgan fingerprint density at radius 2 is 1.87 bits per heavy atom. The second-order valence-electron chi connectivity index (χ2n) is 6.49. The molecule has 0 radical (unpaired) electrons. The highest BCUT2D eigenvalue weighted by atomic mass is 16.5. The standard InChI is InChI=1S/C19H23NO3/c1-20(13-19(14-21)8-10-23-11-9-19)18(22)17-7-6-15-4-2-3-5-16(15)12-17/h2-7,12,21H,8-11,13-14H2,1H3. The van der Waals surface area contributed by atoms with E-state index >= 15 is 0 Å². The van der Waals surface area contributed by atoms with Gasteiger partial charge in [0.25, 0.3) is 5.91 Å². The number of rotatable bonds is 4. The van der Waals surface area contributed by atoms with E-state index in [1.807, 2.05) is 49.5 Å². The SMILES string of the molecule is CN(CC1(CO)CCOCC1)C(=O)c1ccc2ccccc2c1. The molecule has 122 valence electrons. The van der Waals surface area contributed by atoms with Crippen LogP contribution in [-0.4, -0.2) is 49.3 Å². The minimum Gasteiger partial charge on any atom is -0.396 e. The second kappa shape index (κ2) is 6.69. The molecule has 0 atom stereocenters. The third kappa shape index (κ3) is 3.38. The maximum atomic E-state index is 12.7. The number of fused-ring (bicyclic) bond motifs is 1. The van der Waals surface area contributed by atoms with E-state index in [9.17, 15) is 9.90 Å². The largest absolute Gasteiger partial charge is 0.396 e. The molecule has 23 heavy (non-hydrogen) atoms. The first kappa shape index (κ1) is 16.0. The molecular weight excluding hydrogens is 290 g/mol. The monoisotopic (exact) mass is 313 g/mol. The van der Waals surface area contributed by atoms with Crippen molar-refractivity contribution in [2.75, 3.05) is 33.4 Å². The Labute approximate surface area is 136 Å². The molecule has 1 heterocycles. The summed E-state index contributed by atoms with van der Waals surface area (Å²) < 4.78 is 5.39. The summed E-state index contributed by atoms with van der Waals surface area (Å²) in [5.74, 6) is -0.00456. The molecule has 0 aliphatic carbocycles. The third-order valence-electron chi connectivity index (χ3n) is 4.80. The number of nitrogens with zero attached hydrogens (tertiary/aromatic N) is 1. The van der Waals surface area contributed by atoms with Crippen LogP contribution in [0.15, 0.2) is 42.5 Å². The molecule has 0 saturated carbocycles. The van der Waals surface area contributed by atoms with Crippen molar-refractivity contribution in [2.45, 2.75) is 12.8 Å². The molecule has 3 rings (SSSR count). The van der Waals surface area contributed by atoms with Crippen molar-refractivity contribution in [1.29, 1.82) is 0 Å². The van der Waals surface area contributed by atoms with E-state index in [1.165, 1.54) is 0 Å². The van der Waals surface area contributed by atoms with Crippen molar-refractivity contribution >= 4 is 16.7 Å². The highest BCUT2D eigenvalue weighted by molar-refractivity contribution is 5.98. The smallest absolute Gasteiger partial charge is 0.253 e. The molecule has 1 aliphatic heterocycles. The highest BCUT2D eigenvalue weighted by Gasteiger charge is 2.34. The first-order chi connectivity index (χ1) is 11.1. The Hall–Kier alpha value is -1.91. The zero-order chi connectivity index (χ0) is 16.3. The lowest BCUT2D eigenvalue weighted by molar-refractivity contribution is -0.0282. The molecule has 1 N–H and O–H groups in total. The number of aliphatic hydroxyl groups is 1. The summed E-state index contributed by atoms with van der Waals surface area (Å²) in [6.07, 6.45) is 1.58. The van der Waals surface area contributed by atoms with Crippen molar-refractivity contribution in [2.24, 2.45) is 5.41 Å². The summed E-state index contributed by atoms with van der Waals surface area (Å²) in [5, 5.41) is 12.0. The van der Waals surface area contributed by atoms with Crippen LogP contribution >= 0.6 is 0 Å². The minimum atomic E-state index is -0.237. The van der Waals surface area contributed by atoms with Gasteiger partial charge in [-0.25, -0.2) is 0 Å². The number of amides is 1. The van der Waals surface area contributed by atoms with E-state index < -0.39 is 0 Å². The predicted molar refractivity (Wildman–Crippen MR) is 90.5 cm³/mol. The quantitative estimate of drug-likeness (QED) is 0.944. The van der Waals surface area contributed by atoms with Crippen molar-refractivity contribution < 1.29 is 14.6 Å².